The number of piperazine rings is 1. The van der Waals surface area contributed by atoms with Gasteiger partial charge in [0.15, 0.2) is 0 Å². The molecule has 7 heteroatoms. The van der Waals surface area contributed by atoms with Crippen LogP contribution in [-0.4, -0.2) is 51.3 Å². The van der Waals surface area contributed by atoms with Gasteiger partial charge in [-0.25, -0.2) is 4.98 Å². The molecule has 1 aliphatic heterocycles. The van der Waals surface area contributed by atoms with Crippen molar-refractivity contribution in [2.75, 3.05) is 26.2 Å². The number of amides is 1. The number of rotatable bonds is 5. The number of benzene rings is 2. The maximum atomic E-state index is 13.1. The molecule has 4 aromatic rings. The fourth-order valence-corrected chi connectivity index (χ4v) is 5.64. The van der Waals surface area contributed by atoms with Crippen LogP contribution in [0.5, 0.6) is 0 Å². The van der Waals surface area contributed by atoms with Crippen LogP contribution in [0.2, 0.25) is 5.02 Å². The lowest BCUT2D eigenvalue weighted by molar-refractivity contribution is -0.135. The number of pyridine rings is 1. The molecule has 0 saturated carbocycles. The van der Waals surface area contributed by atoms with Crippen molar-refractivity contribution in [3.63, 3.8) is 0 Å². The summed E-state index contributed by atoms with van der Waals surface area (Å²) in [4.78, 5) is 22.5. The summed E-state index contributed by atoms with van der Waals surface area (Å²) in [5.41, 5.74) is 6.35. The van der Waals surface area contributed by atoms with Gasteiger partial charge in [-0.3, -0.25) is 9.69 Å². The van der Waals surface area contributed by atoms with Crippen LogP contribution >= 0.6 is 23.2 Å². The molecule has 1 aliphatic carbocycles. The number of aromatic nitrogens is 2. The number of carbonyl (C=O) groups is 1. The smallest absolute Gasteiger partial charge is 0.229 e. The van der Waals surface area contributed by atoms with Crippen LogP contribution in [0.3, 0.4) is 0 Å². The molecule has 5 nitrogen and oxygen atoms in total. The first kappa shape index (κ1) is 24.9. The van der Waals surface area contributed by atoms with E-state index in [2.05, 4.69) is 51.9 Å². The Morgan fingerprint density at radius 1 is 0.868 bits per heavy atom. The second-order valence-corrected chi connectivity index (χ2v) is 10.7. The SMILES string of the molecule is O=C(C1C=C(Cl)C=CC1)N1CCN(Cc2c(-c3ccc(Cl)cc3)nc3ccc(-c4ccccc4)cn23)CC1. The number of hydrogen-bond acceptors (Lipinski definition) is 3. The Labute approximate surface area is 232 Å². The lowest BCUT2D eigenvalue weighted by atomic mass is 9.99. The molecule has 1 atom stereocenters. The van der Waals surface area contributed by atoms with E-state index in [1.54, 1.807) is 0 Å². The molecular weight excluding hydrogens is 515 g/mol. The highest BCUT2D eigenvalue weighted by Gasteiger charge is 2.28. The van der Waals surface area contributed by atoms with Gasteiger partial charge in [0, 0.05) is 54.5 Å². The van der Waals surface area contributed by atoms with Gasteiger partial charge >= 0.3 is 0 Å². The molecule has 1 fully saturated rings. The summed E-state index contributed by atoms with van der Waals surface area (Å²) in [5, 5.41) is 1.35. The molecule has 2 aromatic heterocycles. The molecule has 2 aliphatic rings. The van der Waals surface area contributed by atoms with Crippen LogP contribution in [-0.2, 0) is 11.3 Å². The molecule has 6 rings (SSSR count). The van der Waals surface area contributed by atoms with E-state index in [1.807, 2.05) is 53.5 Å². The number of fused-ring (bicyclic) bond motifs is 1. The van der Waals surface area contributed by atoms with Gasteiger partial charge < -0.3 is 9.30 Å². The quantitative estimate of drug-likeness (QED) is 0.283. The number of nitrogens with zero attached hydrogens (tertiary/aromatic N) is 4. The largest absolute Gasteiger partial charge is 0.340 e. The second-order valence-electron chi connectivity index (χ2n) is 9.82. The molecule has 38 heavy (non-hydrogen) atoms. The zero-order chi connectivity index (χ0) is 26.1. The summed E-state index contributed by atoms with van der Waals surface area (Å²) in [6, 6.07) is 22.5. The second kappa shape index (κ2) is 10.8. The number of imidazole rings is 1. The first-order valence-electron chi connectivity index (χ1n) is 12.9. The van der Waals surface area contributed by atoms with E-state index in [9.17, 15) is 4.79 Å². The lowest BCUT2D eigenvalue weighted by Crippen LogP contribution is -2.50. The summed E-state index contributed by atoms with van der Waals surface area (Å²) in [7, 11) is 0. The Hall–Kier alpha value is -3.38. The summed E-state index contributed by atoms with van der Waals surface area (Å²) in [5.74, 6) is 0.00189. The topological polar surface area (TPSA) is 40.9 Å². The van der Waals surface area contributed by atoms with Gasteiger partial charge in [-0.05, 0) is 47.9 Å². The minimum Gasteiger partial charge on any atom is -0.340 e. The third-order valence-electron chi connectivity index (χ3n) is 7.34. The van der Waals surface area contributed by atoms with Crippen molar-refractivity contribution in [3.05, 3.63) is 107 Å². The van der Waals surface area contributed by atoms with Crippen LogP contribution in [0.1, 0.15) is 12.1 Å². The van der Waals surface area contributed by atoms with Gasteiger partial charge in [-0.15, -0.1) is 0 Å². The van der Waals surface area contributed by atoms with Gasteiger partial charge in [0.25, 0.3) is 0 Å². The minimum atomic E-state index is -0.161. The van der Waals surface area contributed by atoms with Crippen molar-refractivity contribution in [3.8, 4) is 22.4 Å². The van der Waals surface area contributed by atoms with Gasteiger partial charge in [0.1, 0.15) is 5.65 Å². The fraction of sp³-hybridized carbons (Fsp3) is 0.226. The molecule has 0 spiro atoms. The molecule has 192 valence electrons. The number of allylic oxidation sites excluding steroid dienone is 3. The first-order valence-corrected chi connectivity index (χ1v) is 13.7. The van der Waals surface area contributed by atoms with E-state index >= 15 is 0 Å². The molecule has 3 heterocycles. The Balaban J connectivity index is 1.27. The zero-order valence-corrected chi connectivity index (χ0v) is 22.4. The number of carbonyl (C=O) groups excluding carboxylic acids is 1. The van der Waals surface area contributed by atoms with E-state index in [0.29, 0.717) is 29.6 Å². The van der Waals surface area contributed by atoms with Crippen molar-refractivity contribution >= 4 is 34.8 Å². The van der Waals surface area contributed by atoms with E-state index < -0.39 is 0 Å². The van der Waals surface area contributed by atoms with Crippen LogP contribution in [0, 0.1) is 5.92 Å². The van der Waals surface area contributed by atoms with E-state index in [4.69, 9.17) is 28.2 Å². The predicted molar refractivity (Wildman–Crippen MR) is 154 cm³/mol. The van der Waals surface area contributed by atoms with Crippen LogP contribution in [0.4, 0.5) is 0 Å². The Bertz CT molecular complexity index is 1520. The van der Waals surface area contributed by atoms with Gasteiger partial charge in [-0.2, -0.15) is 0 Å². The lowest BCUT2D eigenvalue weighted by Gasteiger charge is -2.36. The fourth-order valence-electron chi connectivity index (χ4n) is 5.27. The van der Waals surface area contributed by atoms with Crippen LogP contribution in [0.15, 0.2) is 96.2 Å². The van der Waals surface area contributed by atoms with E-state index in [-0.39, 0.29) is 11.8 Å². The maximum absolute atomic E-state index is 13.1. The molecule has 1 amide bonds. The molecular formula is C31H28Cl2N4O. The summed E-state index contributed by atoms with van der Waals surface area (Å²) < 4.78 is 2.21. The monoisotopic (exact) mass is 542 g/mol. The molecule has 0 bridgehead atoms. The summed E-state index contributed by atoms with van der Waals surface area (Å²) in [6.07, 6.45) is 8.61. The maximum Gasteiger partial charge on any atom is 0.229 e. The molecule has 2 aromatic carbocycles. The highest BCUT2D eigenvalue weighted by atomic mass is 35.5. The Morgan fingerprint density at radius 3 is 2.34 bits per heavy atom. The van der Waals surface area contributed by atoms with E-state index in [1.165, 1.54) is 5.56 Å². The van der Waals surface area contributed by atoms with Crippen molar-refractivity contribution < 1.29 is 4.79 Å². The Morgan fingerprint density at radius 2 is 1.61 bits per heavy atom. The van der Waals surface area contributed by atoms with E-state index in [0.717, 1.165) is 47.8 Å². The van der Waals surface area contributed by atoms with Crippen molar-refractivity contribution in [2.45, 2.75) is 13.0 Å². The number of hydrogen-bond donors (Lipinski definition) is 0. The summed E-state index contributed by atoms with van der Waals surface area (Å²) in [6.45, 7) is 3.74. The highest BCUT2D eigenvalue weighted by Crippen LogP contribution is 2.30. The standard InChI is InChI=1S/C31H28Cl2N4O/c32-26-12-9-23(10-13-26)30-28(37-20-25(11-14-29(37)34-30)22-5-2-1-3-6-22)21-35-15-17-36(18-16-35)31(38)24-7-4-8-27(33)19-24/h1-6,8-14,19-20,24H,7,15-18,21H2. The molecule has 0 N–H and O–H groups in total. The zero-order valence-electron chi connectivity index (χ0n) is 20.9. The highest BCUT2D eigenvalue weighted by molar-refractivity contribution is 6.31. The van der Waals surface area contributed by atoms with Crippen molar-refractivity contribution in [2.24, 2.45) is 5.92 Å². The van der Waals surface area contributed by atoms with Crippen LogP contribution < -0.4 is 0 Å². The third kappa shape index (κ3) is 5.14. The predicted octanol–water partition coefficient (Wildman–Crippen LogP) is 6.66. The molecule has 1 saturated heterocycles. The molecule has 0 radical (unpaired) electrons. The van der Waals surface area contributed by atoms with Crippen molar-refractivity contribution in [1.29, 1.82) is 0 Å². The molecule has 1 unspecified atom stereocenters. The van der Waals surface area contributed by atoms with Gasteiger partial charge in [0.2, 0.25) is 5.91 Å². The summed E-state index contributed by atoms with van der Waals surface area (Å²) >= 11 is 12.3. The average Bonchev–Trinajstić information content (AvgIpc) is 3.31. The minimum absolute atomic E-state index is 0.161. The van der Waals surface area contributed by atoms with Gasteiger partial charge in [-0.1, -0.05) is 77.8 Å². The number of halogens is 2. The van der Waals surface area contributed by atoms with Crippen LogP contribution in [0.25, 0.3) is 28.0 Å². The van der Waals surface area contributed by atoms with Gasteiger partial charge in [0.05, 0.1) is 17.3 Å². The first-order chi connectivity index (χ1) is 18.5. The Kier molecular flexibility index (Phi) is 7.07. The third-order valence-corrected chi connectivity index (χ3v) is 7.85. The average molecular weight is 543 g/mol. The van der Waals surface area contributed by atoms with Crippen molar-refractivity contribution in [1.82, 2.24) is 19.2 Å². The normalized spacial score (nSPS) is 18.1.